The Kier molecular flexibility index (Phi) is 1.56. The van der Waals surface area contributed by atoms with Crippen molar-refractivity contribution in [2.45, 2.75) is 12.3 Å². The van der Waals surface area contributed by atoms with E-state index in [4.69, 9.17) is 4.55 Å². The van der Waals surface area contributed by atoms with E-state index in [1.807, 2.05) is 0 Å². The lowest BCUT2D eigenvalue weighted by molar-refractivity contribution is 0.103. The van der Waals surface area contributed by atoms with E-state index in [0.717, 1.165) is 0 Å². The molecule has 54 valence electrons. The molecule has 1 N–H and O–H groups in total. The van der Waals surface area contributed by atoms with Crippen LogP contribution < -0.4 is 0 Å². The molecule has 0 amide bonds. The molecule has 0 aromatic rings. The molecular formula is C4H6F2O2S. The molecule has 0 spiro atoms. The number of rotatable bonds is 2. The summed E-state index contributed by atoms with van der Waals surface area (Å²) in [4.78, 5) is 0. The van der Waals surface area contributed by atoms with Crippen LogP contribution in [0.3, 0.4) is 0 Å². The zero-order valence-corrected chi connectivity index (χ0v) is 5.33. The molecule has 1 aliphatic carbocycles. The van der Waals surface area contributed by atoms with Crippen LogP contribution in [0, 0.1) is 5.92 Å². The van der Waals surface area contributed by atoms with Crippen molar-refractivity contribution >= 4 is 11.1 Å². The van der Waals surface area contributed by atoms with E-state index in [0.29, 0.717) is 0 Å². The van der Waals surface area contributed by atoms with Gasteiger partial charge in [0.1, 0.15) is 0 Å². The highest BCUT2D eigenvalue weighted by Crippen LogP contribution is 2.48. The Morgan fingerprint density at radius 1 is 1.78 bits per heavy atom. The van der Waals surface area contributed by atoms with Crippen molar-refractivity contribution in [2.75, 3.05) is 5.75 Å². The molecule has 0 radical (unpaired) electrons. The maximum absolute atomic E-state index is 11.9. The Bertz CT molecular complexity index is 148. The second-order valence-corrected chi connectivity index (χ2v) is 3.13. The van der Waals surface area contributed by atoms with Gasteiger partial charge in [-0.1, -0.05) is 0 Å². The Labute approximate surface area is 53.5 Å². The van der Waals surface area contributed by atoms with Crippen LogP contribution in [0.2, 0.25) is 0 Å². The van der Waals surface area contributed by atoms with Gasteiger partial charge in [0.15, 0.2) is 11.1 Å². The smallest absolute Gasteiger partial charge is 0.252 e. The lowest BCUT2D eigenvalue weighted by Crippen LogP contribution is -2.03. The van der Waals surface area contributed by atoms with Gasteiger partial charge in [0.25, 0.3) is 5.92 Å². The first kappa shape index (κ1) is 7.08. The number of alkyl halides is 2. The summed E-state index contributed by atoms with van der Waals surface area (Å²) in [5, 5.41) is 0. The van der Waals surface area contributed by atoms with E-state index in [2.05, 4.69) is 0 Å². The zero-order valence-electron chi connectivity index (χ0n) is 4.51. The summed E-state index contributed by atoms with van der Waals surface area (Å²) in [6, 6.07) is 0. The standard InChI is InChI=1S/C4H6F2O2S/c5-4(6)1-3(4)2-9(7)8/h3H,1-2H2,(H,7,8). The van der Waals surface area contributed by atoms with Gasteiger partial charge in [-0.15, -0.1) is 0 Å². The van der Waals surface area contributed by atoms with Crippen LogP contribution in [-0.2, 0) is 11.1 Å². The molecule has 0 heterocycles. The highest BCUT2D eigenvalue weighted by molar-refractivity contribution is 7.79. The highest BCUT2D eigenvalue weighted by Gasteiger charge is 2.57. The lowest BCUT2D eigenvalue weighted by Gasteiger charge is -1.90. The van der Waals surface area contributed by atoms with Crippen LogP contribution >= 0.6 is 0 Å². The van der Waals surface area contributed by atoms with Crippen molar-refractivity contribution in [3.63, 3.8) is 0 Å². The van der Waals surface area contributed by atoms with Crippen molar-refractivity contribution in [3.8, 4) is 0 Å². The maximum atomic E-state index is 11.9. The van der Waals surface area contributed by atoms with E-state index in [-0.39, 0.29) is 12.2 Å². The summed E-state index contributed by atoms with van der Waals surface area (Å²) in [6.45, 7) is 0. The minimum Gasteiger partial charge on any atom is -0.306 e. The second kappa shape index (κ2) is 1.98. The fraction of sp³-hybridized carbons (Fsp3) is 1.00. The van der Waals surface area contributed by atoms with E-state index in [1.165, 1.54) is 0 Å². The third kappa shape index (κ3) is 1.69. The first-order chi connectivity index (χ1) is 4.02. The van der Waals surface area contributed by atoms with Gasteiger partial charge in [-0.2, -0.15) is 0 Å². The first-order valence-electron chi connectivity index (χ1n) is 2.47. The molecule has 2 atom stereocenters. The zero-order chi connectivity index (χ0) is 7.07. The van der Waals surface area contributed by atoms with Crippen molar-refractivity contribution in [2.24, 2.45) is 5.92 Å². The molecular weight excluding hydrogens is 150 g/mol. The molecule has 0 aliphatic heterocycles. The summed E-state index contributed by atoms with van der Waals surface area (Å²) in [5.74, 6) is -3.78. The average Bonchev–Trinajstić information content (AvgIpc) is 2.10. The van der Waals surface area contributed by atoms with Crippen LogP contribution in [0.5, 0.6) is 0 Å². The Hall–Kier alpha value is -0.0300. The van der Waals surface area contributed by atoms with Crippen LogP contribution in [0.25, 0.3) is 0 Å². The highest BCUT2D eigenvalue weighted by atomic mass is 32.2. The molecule has 1 fully saturated rings. The van der Waals surface area contributed by atoms with Gasteiger partial charge in [0, 0.05) is 12.3 Å². The monoisotopic (exact) mass is 156 g/mol. The third-order valence-corrected chi connectivity index (χ3v) is 1.99. The van der Waals surface area contributed by atoms with E-state index in [1.54, 1.807) is 0 Å². The Morgan fingerprint density at radius 2 is 2.22 bits per heavy atom. The molecule has 0 bridgehead atoms. The van der Waals surface area contributed by atoms with Crippen LogP contribution in [0.15, 0.2) is 0 Å². The molecule has 1 saturated carbocycles. The fourth-order valence-electron chi connectivity index (χ4n) is 0.623. The normalized spacial score (nSPS) is 33.9. The van der Waals surface area contributed by atoms with Crippen molar-refractivity contribution in [1.29, 1.82) is 0 Å². The summed E-state index contributed by atoms with van der Waals surface area (Å²) < 4.78 is 41.9. The fourth-order valence-corrected chi connectivity index (χ4v) is 1.33. The number of hydrogen-bond acceptors (Lipinski definition) is 1. The van der Waals surface area contributed by atoms with Gasteiger partial charge >= 0.3 is 0 Å². The SMILES string of the molecule is O=S(O)CC1CC1(F)F. The van der Waals surface area contributed by atoms with Gasteiger partial charge in [0.2, 0.25) is 0 Å². The van der Waals surface area contributed by atoms with E-state index in [9.17, 15) is 13.0 Å². The van der Waals surface area contributed by atoms with Gasteiger partial charge in [-0.3, -0.25) is 0 Å². The Balaban J connectivity index is 2.28. The van der Waals surface area contributed by atoms with Gasteiger partial charge in [0.05, 0.1) is 5.75 Å². The van der Waals surface area contributed by atoms with Crippen molar-refractivity contribution in [1.82, 2.24) is 0 Å². The molecule has 2 nitrogen and oxygen atoms in total. The summed E-state index contributed by atoms with van der Waals surface area (Å²) in [5.41, 5.74) is 0. The second-order valence-electron chi connectivity index (χ2n) is 2.15. The van der Waals surface area contributed by atoms with E-state index < -0.39 is 22.9 Å². The number of hydrogen-bond donors (Lipinski definition) is 1. The predicted octanol–water partition coefficient (Wildman–Crippen LogP) is 0.863. The van der Waals surface area contributed by atoms with Gasteiger partial charge in [-0.25, -0.2) is 13.0 Å². The van der Waals surface area contributed by atoms with Crippen molar-refractivity contribution in [3.05, 3.63) is 0 Å². The average molecular weight is 156 g/mol. The maximum Gasteiger partial charge on any atom is 0.252 e. The lowest BCUT2D eigenvalue weighted by atomic mass is 10.5. The van der Waals surface area contributed by atoms with E-state index >= 15 is 0 Å². The topological polar surface area (TPSA) is 37.3 Å². The molecule has 9 heavy (non-hydrogen) atoms. The Morgan fingerprint density at radius 3 is 2.33 bits per heavy atom. The minimum atomic E-state index is -2.65. The molecule has 2 unspecified atom stereocenters. The first-order valence-corrected chi connectivity index (χ1v) is 3.75. The molecule has 0 aromatic carbocycles. The molecule has 0 saturated heterocycles. The van der Waals surface area contributed by atoms with Gasteiger partial charge < -0.3 is 4.55 Å². The van der Waals surface area contributed by atoms with Crippen LogP contribution in [0.4, 0.5) is 8.78 Å². The predicted molar refractivity (Wildman–Crippen MR) is 28.7 cm³/mol. The molecule has 5 heteroatoms. The summed E-state index contributed by atoms with van der Waals surface area (Å²) in [6.07, 6.45) is -0.223. The molecule has 1 aliphatic rings. The molecule has 1 rings (SSSR count). The number of halogens is 2. The molecule has 0 aromatic heterocycles. The van der Waals surface area contributed by atoms with Crippen LogP contribution in [0.1, 0.15) is 6.42 Å². The van der Waals surface area contributed by atoms with Crippen LogP contribution in [-0.4, -0.2) is 20.4 Å². The minimum absolute atomic E-state index is 0.223. The summed E-state index contributed by atoms with van der Waals surface area (Å²) >= 11 is -2.06. The van der Waals surface area contributed by atoms with Crippen molar-refractivity contribution < 1.29 is 17.5 Å². The van der Waals surface area contributed by atoms with Gasteiger partial charge in [-0.05, 0) is 0 Å². The summed E-state index contributed by atoms with van der Waals surface area (Å²) in [7, 11) is 0. The third-order valence-electron chi connectivity index (χ3n) is 1.30. The quantitative estimate of drug-likeness (QED) is 0.602. The largest absolute Gasteiger partial charge is 0.306 e.